The molecule has 1 aromatic heterocycles. The van der Waals surface area contributed by atoms with Gasteiger partial charge >= 0.3 is 0 Å². The minimum atomic E-state index is 0.637. The Hall–Kier alpha value is -0.680. The highest BCUT2D eigenvalue weighted by Gasteiger charge is 2.19. The summed E-state index contributed by atoms with van der Waals surface area (Å²) in [5, 5.41) is 8.92. The van der Waals surface area contributed by atoms with Crippen LogP contribution in [-0.2, 0) is 6.54 Å². The maximum absolute atomic E-state index is 4.33. The van der Waals surface area contributed by atoms with Gasteiger partial charge in [0.2, 0.25) is 0 Å². The molecule has 0 unspecified atom stereocenters. The molecular weight excluding hydrogens is 268 g/mol. The van der Waals surface area contributed by atoms with E-state index in [9.17, 15) is 0 Å². The van der Waals surface area contributed by atoms with Crippen molar-refractivity contribution in [1.82, 2.24) is 14.5 Å². The predicted molar refractivity (Wildman–Crippen MR) is 88.3 cm³/mol. The molecule has 0 aliphatic carbocycles. The molecule has 0 spiro atoms. The van der Waals surface area contributed by atoms with Gasteiger partial charge in [-0.3, -0.25) is 4.90 Å². The molecule has 0 saturated heterocycles. The predicted octanol–water partition coefficient (Wildman–Crippen LogP) is 4.01. The highest BCUT2D eigenvalue weighted by atomic mass is 32.1. The van der Waals surface area contributed by atoms with Crippen LogP contribution in [0.3, 0.4) is 0 Å². The first-order valence-electron chi connectivity index (χ1n) is 7.91. The van der Waals surface area contributed by atoms with Gasteiger partial charge in [0, 0.05) is 37.2 Å². The van der Waals surface area contributed by atoms with Crippen molar-refractivity contribution in [3.8, 4) is 0 Å². The average Bonchev–Trinajstić information content (AvgIpc) is 2.84. The Morgan fingerprint density at radius 3 is 2.45 bits per heavy atom. The van der Waals surface area contributed by atoms with Crippen LogP contribution in [-0.4, -0.2) is 33.6 Å². The van der Waals surface area contributed by atoms with Crippen LogP contribution in [0, 0.1) is 5.92 Å². The summed E-state index contributed by atoms with van der Waals surface area (Å²) >= 11 is 1.48. The number of hydrogen-bond donors (Lipinski definition) is 1. The molecule has 0 amide bonds. The summed E-state index contributed by atoms with van der Waals surface area (Å²) in [6, 6.07) is 0.637. The number of nitrogens with one attached hydrogen (secondary N) is 1. The zero-order valence-electron chi connectivity index (χ0n) is 13.6. The van der Waals surface area contributed by atoms with E-state index in [4.69, 9.17) is 0 Å². The number of nitrogens with zero attached hydrogens (tertiary/aromatic N) is 3. The van der Waals surface area contributed by atoms with Crippen molar-refractivity contribution in [2.24, 2.45) is 5.92 Å². The van der Waals surface area contributed by atoms with E-state index in [1.165, 1.54) is 24.4 Å². The van der Waals surface area contributed by atoms with E-state index in [0.29, 0.717) is 12.0 Å². The second-order valence-corrected chi connectivity index (χ2v) is 6.52. The molecule has 5 heteroatoms. The lowest BCUT2D eigenvalue weighted by Crippen LogP contribution is -2.37. The van der Waals surface area contributed by atoms with Crippen LogP contribution in [0.4, 0.5) is 5.00 Å². The Labute approximate surface area is 128 Å². The largest absolute Gasteiger partial charge is 0.374 e. The van der Waals surface area contributed by atoms with Gasteiger partial charge in [-0.15, -0.1) is 5.10 Å². The maximum Gasteiger partial charge on any atom is 0.134 e. The standard InChI is InChI=1S/C15H30N4S/c1-6-9-16-15-14(17-18-20-15)11-19(10-12(4)5)13(7-2)8-3/h12-13,16H,6-11H2,1-5H3. The summed E-state index contributed by atoms with van der Waals surface area (Å²) in [5.74, 6) is 0.675. The lowest BCUT2D eigenvalue weighted by atomic mass is 10.1. The highest BCUT2D eigenvalue weighted by Crippen LogP contribution is 2.22. The molecule has 0 aromatic carbocycles. The highest BCUT2D eigenvalue weighted by molar-refractivity contribution is 7.10. The molecule has 0 aliphatic heterocycles. The second-order valence-electron chi connectivity index (χ2n) is 5.77. The molecule has 1 aromatic rings. The molecule has 0 saturated carbocycles. The summed E-state index contributed by atoms with van der Waals surface area (Å²) in [6.07, 6.45) is 3.51. The normalized spacial score (nSPS) is 11.8. The van der Waals surface area contributed by atoms with Gasteiger partial charge in [0.05, 0.1) is 0 Å². The fourth-order valence-corrected chi connectivity index (χ4v) is 3.09. The molecule has 4 nitrogen and oxygen atoms in total. The minimum Gasteiger partial charge on any atom is -0.374 e. The Balaban J connectivity index is 2.75. The van der Waals surface area contributed by atoms with Gasteiger partial charge in [0.25, 0.3) is 0 Å². The summed E-state index contributed by atoms with van der Waals surface area (Å²) in [5.41, 5.74) is 1.11. The van der Waals surface area contributed by atoms with Gasteiger partial charge in [-0.1, -0.05) is 39.1 Å². The van der Waals surface area contributed by atoms with E-state index in [2.05, 4.69) is 54.4 Å². The van der Waals surface area contributed by atoms with Crippen LogP contribution in [0.25, 0.3) is 0 Å². The van der Waals surface area contributed by atoms with Gasteiger partial charge in [0.1, 0.15) is 10.7 Å². The van der Waals surface area contributed by atoms with Gasteiger partial charge in [-0.25, -0.2) is 0 Å². The minimum absolute atomic E-state index is 0.637. The molecule has 0 aliphatic rings. The van der Waals surface area contributed by atoms with E-state index in [0.717, 1.165) is 36.8 Å². The monoisotopic (exact) mass is 298 g/mol. The second kappa shape index (κ2) is 9.29. The molecule has 0 atom stereocenters. The lowest BCUT2D eigenvalue weighted by molar-refractivity contribution is 0.156. The third kappa shape index (κ3) is 5.37. The van der Waals surface area contributed by atoms with E-state index in [-0.39, 0.29) is 0 Å². The Morgan fingerprint density at radius 1 is 1.20 bits per heavy atom. The van der Waals surface area contributed by atoms with Crippen molar-refractivity contribution in [3.05, 3.63) is 5.69 Å². The van der Waals surface area contributed by atoms with Crippen LogP contribution in [0.15, 0.2) is 0 Å². The number of anilines is 1. The Bertz CT molecular complexity index is 361. The first-order valence-corrected chi connectivity index (χ1v) is 8.68. The lowest BCUT2D eigenvalue weighted by Gasteiger charge is -2.31. The number of rotatable bonds is 10. The van der Waals surface area contributed by atoms with Crippen LogP contribution in [0.1, 0.15) is 59.6 Å². The van der Waals surface area contributed by atoms with Crippen molar-refractivity contribution in [2.75, 3.05) is 18.4 Å². The molecule has 0 fully saturated rings. The third-order valence-corrected chi connectivity index (χ3v) is 4.23. The quantitative estimate of drug-likeness (QED) is 0.708. The fraction of sp³-hybridized carbons (Fsp3) is 0.867. The summed E-state index contributed by atoms with van der Waals surface area (Å²) in [7, 11) is 0. The average molecular weight is 299 g/mol. The van der Waals surface area contributed by atoms with E-state index in [1.54, 1.807) is 0 Å². The van der Waals surface area contributed by atoms with Crippen LogP contribution in [0.5, 0.6) is 0 Å². The Kier molecular flexibility index (Phi) is 8.07. The van der Waals surface area contributed by atoms with Crippen molar-refractivity contribution in [1.29, 1.82) is 0 Å². The third-order valence-electron chi connectivity index (χ3n) is 3.50. The number of hydrogen-bond acceptors (Lipinski definition) is 5. The molecule has 20 heavy (non-hydrogen) atoms. The van der Waals surface area contributed by atoms with E-state index in [1.807, 2.05) is 0 Å². The summed E-state index contributed by atoms with van der Waals surface area (Å²) in [6.45, 7) is 14.3. The first-order chi connectivity index (χ1) is 9.62. The molecule has 1 N–H and O–H groups in total. The van der Waals surface area contributed by atoms with Crippen molar-refractivity contribution in [2.45, 2.75) is 66.5 Å². The van der Waals surface area contributed by atoms with Gasteiger partial charge in [0.15, 0.2) is 0 Å². The SMILES string of the molecule is CCCNc1snnc1CN(CC(C)C)C(CC)CC. The summed E-state index contributed by atoms with van der Waals surface area (Å²) < 4.78 is 4.12. The van der Waals surface area contributed by atoms with Crippen LogP contribution in [0.2, 0.25) is 0 Å². The van der Waals surface area contributed by atoms with Crippen LogP contribution >= 0.6 is 11.5 Å². The molecule has 1 rings (SSSR count). The van der Waals surface area contributed by atoms with Gasteiger partial charge in [-0.05, 0) is 25.2 Å². The van der Waals surface area contributed by atoms with E-state index >= 15 is 0 Å². The molecule has 116 valence electrons. The van der Waals surface area contributed by atoms with Crippen molar-refractivity contribution in [3.63, 3.8) is 0 Å². The van der Waals surface area contributed by atoms with Gasteiger partial charge < -0.3 is 5.32 Å². The molecular formula is C15H30N4S. The molecule has 1 heterocycles. The zero-order chi connectivity index (χ0) is 15.0. The topological polar surface area (TPSA) is 41.1 Å². The maximum atomic E-state index is 4.33. The van der Waals surface area contributed by atoms with Crippen molar-refractivity contribution >= 4 is 16.5 Å². The molecule has 0 bridgehead atoms. The fourth-order valence-electron chi connectivity index (χ4n) is 2.49. The Morgan fingerprint density at radius 2 is 1.90 bits per heavy atom. The first kappa shape index (κ1) is 17.4. The number of aromatic nitrogens is 2. The zero-order valence-corrected chi connectivity index (χ0v) is 14.5. The molecule has 0 radical (unpaired) electrons. The van der Waals surface area contributed by atoms with E-state index < -0.39 is 0 Å². The van der Waals surface area contributed by atoms with Crippen LogP contribution < -0.4 is 5.32 Å². The van der Waals surface area contributed by atoms with Crippen molar-refractivity contribution < 1.29 is 0 Å². The smallest absolute Gasteiger partial charge is 0.134 e. The van der Waals surface area contributed by atoms with Gasteiger partial charge in [-0.2, -0.15) is 0 Å². The summed E-state index contributed by atoms with van der Waals surface area (Å²) in [4.78, 5) is 2.57.